The molecular formula is C28H30N2O5. The van der Waals surface area contributed by atoms with E-state index in [0.717, 1.165) is 42.4 Å². The number of hydrogen-bond donors (Lipinski definition) is 1. The Hall–Kier alpha value is -3.74. The Bertz CT molecular complexity index is 1170. The van der Waals surface area contributed by atoms with Crippen LogP contribution in [0, 0.1) is 6.92 Å². The Morgan fingerprint density at radius 2 is 1.77 bits per heavy atom. The highest BCUT2D eigenvalue weighted by Crippen LogP contribution is 2.34. The van der Waals surface area contributed by atoms with Crippen molar-refractivity contribution in [1.82, 2.24) is 10.2 Å². The van der Waals surface area contributed by atoms with E-state index in [1.807, 2.05) is 49.4 Å². The fraction of sp³-hybridized carbons (Fsp3) is 0.357. The minimum Gasteiger partial charge on any atom is -0.459 e. The Kier molecular flexibility index (Phi) is 6.75. The van der Waals surface area contributed by atoms with Gasteiger partial charge in [-0.05, 0) is 55.2 Å². The summed E-state index contributed by atoms with van der Waals surface area (Å²) in [6, 6.07) is 15.9. The highest BCUT2D eigenvalue weighted by molar-refractivity contribution is 5.96. The van der Waals surface area contributed by atoms with E-state index in [-0.39, 0.29) is 37.0 Å². The highest BCUT2D eigenvalue weighted by Gasteiger charge is 2.34. The second kappa shape index (κ2) is 10.3. The van der Waals surface area contributed by atoms with Crippen molar-refractivity contribution in [2.24, 2.45) is 0 Å². The molecule has 1 aliphatic carbocycles. The standard InChI is InChI=1S/C28H30N2O5/c1-19-9-12-21(13-10-19)26(27(31)29-22-6-3-2-4-7-22)30(28(32)24-8-5-15-33-24)17-20-11-14-23-25(16-20)35-18-34-23/h5,8-16,22,26H,2-4,6-7,17-18H2,1H3,(H,29,31)/t26-/m1/s1. The summed E-state index contributed by atoms with van der Waals surface area (Å²) in [5, 5.41) is 3.23. The summed E-state index contributed by atoms with van der Waals surface area (Å²) in [6.45, 7) is 2.37. The second-order valence-corrected chi connectivity index (χ2v) is 9.25. The molecule has 1 aromatic heterocycles. The fourth-order valence-corrected chi connectivity index (χ4v) is 4.81. The van der Waals surface area contributed by atoms with Gasteiger partial charge in [-0.2, -0.15) is 0 Å². The minimum atomic E-state index is -0.819. The van der Waals surface area contributed by atoms with Crippen LogP contribution >= 0.6 is 0 Å². The van der Waals surface area contributed by atoms with Crippen molar-refractivity contribution in [2.75, 3.05) is 6.79 Å². The first kappa shape index (κ1) is 23.0. The van der Waals surface area contributed by atoms with Crippen LogP contribution in [-0.2, 0) is 11.3 Å². The smallest absolute Gasteiger partial charge is 0.290 e. The van der Waals surface area contributed by atoms with Gasteiger partial charge in [0.1, 0.15) is 6.04 Å². The Morgan fingerprint density at radius 1 is 1.00 bits per heavy atom. The molecule has 35 heavy (non-hydrogen) atoms. The number of carbonyl (C=O) groups is 2. The molecule has 1 fully saturated rings. The first-order valence-corrected chi connectivity index (χ1v) is 12.2. The van der Waals surface area contributed by atoms with Crippen LogP contribution in [0.4, 0.5) is 0 Å². The van der Waals surface area contributed by atoms with Gasteiger partial charge in [-0.3, -0.25) is 9.59 Å². The van der Waals surface area contributed by atoms with Gasteiger partial charge in [0.15, 0.2) is 17.3 Å². The number of nitrogens with one attached hydrogen (secondary N) is 1. The number of carbonyl (C=O) groups excluding carboxylic acids is 2. The lowest BCUT2D eigenvalue weighted by molar-refractivity contribution is -0.127. The van der Waals surface area contributed by atoms with Gasteiger partial charge in [0.25, 0.3) is 5.91 Å². The van der Waals surface area contributed by atoms with Gasteiger partial charge < -0.3 is 24.1 Å². The zero-order valence-corrected chi connectivity index (χ0v) is 19.9. The molecule has 1 N–H and O–H groups in total. The molecule has 2 amide bonds. The number of nitrogens with zero attached hydrogens (tertiary/aromatic N) is 1. The third-order valence-corrected chi connectivity index (χ3v) is 6.69. The molecule has 1 aliphatic heterocycles. The number of amides is 2. The van der Waals surface area contributed by atoms with Crippen molar-refractivity contribution in [3.8, 4) is 11.5 Å². The minimum absolute atomic E-state index is 0.121. The van der Waals surface area contributed by atoms with E-state index in [1.165, 1.54) is 12.7 Å². The number of fused-ring (bicyclic) bond motifs is 1. The van der Waals surface area contributed by atoms with Crippen molar-refractivity contribution in [3.05, 3.63) is 83.3 Å². The van der Waals surface area contributed by atoms with E-state index in [0.29, 0.717) is 11.5 Å². The van der Waals surface area contributed by atoms with Gasteiger partial charge in [-0.15, -0.1) is 0 Å². The lowest BCUT2D eigenvalue weighted by atomic mass is 9.94. The molecule has 7 nitrogen and oxygen atoms in total. The molecule has 2 aromatic carbocycles. The van der Waals surface area contributed by atoms with E-state index in [4.69, 9.17) is 13.9 Å². The molecule has 1 atom stereocenters. The number of furan rings is 1. The molecule has 2 aliphatic rings. The summed E-state index contributed by atoms with van der Waals surface area (Å²) < 4.78 is 16.4. The van der Waals surface area contributed by atoms with Crippen LogP contribution in [0.2, 0.25) is 0 Å². The number of hydrogen-bond acceptors (Lipinski definition) is 5. The van der Waals surface area contributed by atoms with Crippen LogP contribution in [0.15, 0.2) is 65.3 Å². The zero-order valence-electron chi connectivity index (χ0n) is 19.9. The molecule has 0 bridgehead atoms. The van der Waals surface area contributed by atoms with Gasteiger partial charge in [-0.25, -0.2) is 0 Å². The molecular weight excluding hydrogens is 444 g/mol. The van der Waals surface area contributed by atoms with E-state index in [2.05, 4.69) is 5.32 Å². The molecule has 0 saturated heterocycles. The maximum absolute atomic E-state index is 13.8. The van der Waals surface area contributed by atoms with Crippen molar-refractivity contribution >= 4 is 11.8 Å². The lowest BCUT2D eigenvalue weighted by Crippen LogP contribution is -2.46. The van der Waals surface area contributed by atoms with Gasteiger partial charge >= 0.3 is 0 Å². The average Bonchev–Trinajstić information content (AvgIpc) is 3.57. The molecule has 0 radical (unpaired) electrons. The molecule has 1 saturated carbocycles. The molecule has 0 unspecified atom stereocenters. The molecule has 2 heterocycles. The number of ether oxygens (including phenoxy) is 2. The molecule has 5 rings (SSSR count). The Balaban J connectivity index is 1.51. The first-order valence-electron chi connectivity index (χ1n) is 12.2. The Morgan fingerprint density at radius 3 is 2.51 bits per heavy atom. The largest absolute Gasteiger partial charge is 0.459 e. The summed E-state index contributed by atoms with van der Waals surface area (Å²) in [5.74, 6) is 0.959. The van der Waals surface area contributed by atoms with Gasteiger partial charge in [0.05, 0.1) is 6.26 Å². The van der Waals surface area contributed by atoms with Crippen molar-refractivity contribution < 1.29 is 23.5 Å². The monoisotopic (exact) mass is 474 g/mol. The summed E-state index contributed by atoms with van der Waals surface area (Å²) in [6.07, 6.45) is 6.79. The summed E-state index contributed by atoms with van der Waals surface area (Å²) in [5.41, 5.74) is 2.67. The fourth-order valence-electron chi connectivity index (χ4n) is 4.81. The quantitative estimate of drug-likeness (QED) is 0.512. The van der Waals surface area contributed by atoms with Crippen LogP contribution in [0.25, 0.3) is 0 Å². The molecule has 182 valence electrons. The molecule has 0 spiro atoms. The number of aryl methyl sites for hydroxylation is 1. The predicted molar refractivity (Wildman–Crippen MR) is 130 cm³/mol. The average molecular weight is 475 g/mol. The lowest BCUT2D eigenvalue weighted by Gasteiger charge is -2.33. The van der Waals surface area contributed by atoms with Crippen LogP contribution in [0.5, 0.6) is 11.5 Å². The molecule has 3 aromatic rings. The zero-order chi connectivity index (χ0) is 24.2. The van der Waals surface area contributed by atoms with Crippen LogP contribution in [0.1, 0.15) is 65.4 Å². The first-order chi connectivity index (χ1) is 17.1. The third-order valence-electron chi connectivity index (χ3n) is 6.69. The maximum atomic E-state index is 13.8. The Labute approximate surface area is 205 Å². The van der Waals surface area contributed by atoms with Crippen LogP contribution in [-0.4, -0.2) is 29.5 Å². The van der Waals surface area contributed by atoms with E-state index >= 15 is 0 Å². The van der Waals surface area contributed by atoms with E-state index in [9.17, 15) is 9.59 Å². The second-order valence-electron chi connectivity index (χ2n) is 9.25. The van der Waals surface area contributed by atoms with E-state index in [1.54, 1.807) is 17.0 Å². The van der Waals surface area contributed by atoms with Gasteiger partial charge in [-0.1, -0.05) is 55.2 Å². The van der Waals surface area contributed by atoms with Gasteiger partial charge in [0, 0.05) is 12.6 Å². The maximum Gasteiger partial charge on any atom is 0.290 e. The van der Waals surface area contributed by atoms with Crippen LogP contribution in [0.3, 0.4) is 0 Å². The summed E-state index contributed by atoms with van der Waals surface area (Å²) in [4.78, 5) is 29.1. The van der Waals surface area contributed by atoms with Crippen molar-refractivity contribution in [1.29, 1.82) is 0 Å². The summed E-state index contributed by atoms with van der Waals surface area (Å²) in [7, 11) is 0. The molecule has 7 heteroatoms. The summed E-state index contributed by atoms with van der Waals surface area (Å²) >= 11 is 0. The topological polar surface area (TPSA) is 81.0 Å². The highest BCUT2D eigenvalue weighted by atomic mass is 16.7. The van der Waals surface area contributed by atoms with Crippen molar-refractivity contribution in [2.45, 2.75) is 57.7 Å². The van der Waals surface area contributed by atoms with Crippen molar-refractivity contribution in [3.63, 3.8) is 0 Å². The third kappa shape index (κ3) is 5.19. The number of benzene rings is 2. The van der Waals surface area contributed by atoms with Gasteiger partial charge in [0.2, 0.25) is 12.7 Å². The van der Waals surface area contributed by atoms with Crippen LogP contribution < -0.4 is 14.8 Å². The normalized spacial score (nSPS) is 16.0. The number of rotatable bonds is 7. The van der Waals surface area contributed by atoms with E-state index < -0.39 is 6.04 Å². The SMILES string of the molecule is Cc1ccc([C@H](C(=O)NC2CCCCC2)N(Cc2ccc3c(c2)OCO3)C(=O)c2ccco2)cc1. The predicted octanol–water partition coefficient (Wildman–Crippen LogP) is 5.15.